The molecule has 0 spiro atoms. The Kier molecular flexibility index (Phi) is 4.80. The molecule has 0 heterocycles. The summed E-state index contributed by atoms with van der Waals surface area (Å²) in [7, 11) is -3.19. The van der Waals surface area contributed by atoms with Crippen molar-refractivity contribution in [3.8, 4) is 0 Å². The Morgan fingerprint density at radius 2 is 1.52 bits per heavy atom. The first kappa shape index (κ1) is 15.7. The lowest BCUT2D eigenvalue weighted by Gasteiger charge is -2.07. The molecular weight excluding hydrogens is 352 g/mol. The van der Waals surface area contributed by atoms with Crippen LogP contribution in [-0.2, 0) is 9.84 Å². The molecule has 0 bridgehead atoms. The van der Waals surface area contributed by atoms with Crippen LogP contribution in [0.2, 0.25) is 0 Å². The third-order valence-corrected chi connectivity index (χ3v) is 5.39. The third-order valence-electron chi connectivity index (χ3n) is 3.11. The van der Waals surface area contributed by atoms with Crippen LogP contribution in [0, 0.1) is 0 Å². The second kappa shape index (κ2) is 6.41. The number of halogens is 1. The molecule has 2 rings (SSSR count). The van der Waals surface area contributed by atoms with Gasteiger partial charge in [0, 0.05) is 15.6 Å². The van der Waals surface area contributed by atoms with E-state index in [0.29, 0.717) is 10.6 Å². The first-order valence-corrected chi connectivity index (χ1v) is 8.79. The lowest BCUT2D eigenvalue weighted by Crippen LogP contribution is -2.08. The van der Waals surface area contributed by atoms with E-state index in [1.165, 1.54) is 0 Å². The van der Waals surface area contributed by atoms with Gasteiger partial charge >= 0.3 is 0 Å². The van der Waals surface area contributed by atoms with Crippen molar-refractivity contribution < 1.29 is 8.42 Å². The summed E-state index contributed by atoms with van der Waals surface area (Å²) in [6.07, 6.45) is 0. The van der Waals surface area contributed by atoms with E-state index in [0.717, 1.165) is 15.6 Å². The maximum Gasteiger partial charge on any atom is 0.178 e. The van der Waals surface area contributed by atoms with Crippen molar-refractivity contribution in [1.29, 1.82) is 0 Å². The van der Waals surface area contributed by atoms with Crippen molar-refractivity contribution in [3.05, 3.63) is 64.1 Å². The molecule has 2 N–H and O–H groups in total. The fourth-order valence-corrected chi connectivity index (χ4v) is 3.06. The minimum absolute atomic E-state index is 0.0803. The van der Waals surface area contributed by atoms with Crippen LogP contribution in [0.25, 0.3) is 0 Å². The van der Waals surface area contributed by atoms with Gasteiger partial charge in [0.2, 0.25) is 0 Å². The highest BCUT2D eigenvalue weighted by Crippen LogP contribution is 2.17. The molecule has 6 heteroatoms. The van der Waals surface area contributed by atoms with Crippen molar-refractivity contribution in [2.24, 2.45) is 10.9 Å². The molecule has 0 atom stereocenters. The molecule has 2 aromatic carbocycles. The van der Waals surface area contributed by atoms with E-state index < -0.39 is 9.84 Å². The molecular formula is C15H15BrN2O2S. The van der Waals surface area contributed by atoms with E-state index in [9.17, 15) is 8.42 Å². The van der Waals surface area contributed by atoms with Crippen LogP contribution in [0.1, 0.15) is 18.1 Å². The van der Waals surface area contributed by atoms with Crippen LogP contribution in [0.5, 0.6) is 0 Å². The topological polar surface area (TPSA) is 72.5 Å². The number of benzene rings is 2. The summed E-state index contributed by atoms with van der Waals surface area (Å²) in [6.45, 7) is 1.62. The highest BCUT2D eigenvalue weighted by Gasteiger charge is 2.13. The summed E-state index contributed by atoms with van der Waals surface area (Å²) < 4.78 is 24.6. The zero-order valence-corrected chi connectivity index (χ0v) is 13.9. The smallest absolute Gasteiger partial charge is 0.178 e. The molecule has 0 aromatic heterocycles. The third kappa shape index (κ3) is 3.51. The van der Waals surface area contributed by atoms with Gasteiger partial charge in [-0.2, -0.15) is 5.10 Å². The predicted molar refractivity (Wildman–Crippen MR) is 88.1 cm³/mol. The Morgan fingerprint density at radius 3 is 1.95 bits per heavy atom. The lowest BCUT2D eigenvalue weighted by atomic mass is 10.0. The molecule has 0 amide bonds. The second-order valence-electron chi connectivity index (χ2n) is 4.41. The van der Waals surface area contributed by atoms with Gasteiger partial charge in [0.25, 0.3) is 0 Å². The molecule has 21 heavy (non-hydrogen) atoms. The first-order chi connectivity index (χ1) is 9.97. The second-order valence-corrected chi connectivity index (χ2v) is 7.61. The Morgan fingerprint density at radius 1 is 1.05 bits per heavy atom. The Hall–Kier alpha value is -1.66. The summed E-state index contributed by atoms with van der Waals surface area (Å²) in [5.74, 6) is 5.56. The normalized spacial score (nSPS) is 12.4. The quantitative estimate of drug-likeness (QED) is 0.513. The van der Waals surface area contributed by atoms with Gasteiger partial charge in [0.05, 0.1) is 16.4 Å². The van der Waals surface area contributed by atoms with Crippen LogP contribution in [0.4, 0.5) is 0 Å². The molecule has 0 aliphatic rings. The number of nitrogens with zero attached hydrogens (tertiary/aromatic N) is 1. The standard InChI is InChI=1S/C15H15BrN2O2S/c1-2-21(19,20)14-9-5-12(6-10-14)15(18-17)11-3-7-13(16)8-4-11/h3-10H,2,17H2,1H3. The summed E-state index contributed by atoms with van der Waals surface area (Å²) in [5, 5.41) is 3.82. The molecule has 0 radical (unpaired) electrons. The number of nitrogens with two attached hydrogens (primary N) is 1. The van der Waals surface area contributed by atoms with E-state index in [1.807, 2.05) is 24.3 Å². The average molecular weight is 367 g/mol. The van der Waals surface area contributed by atoms with Crippen molar-refractivity contribution in [3.63, 3.8) is 0 Å². The van der Waals surface area contributed by atoms with Crippen LogP contribution < -0.4 is 5.84 Å². The van der Waals surface area contributed by atoms with Gasteiger partial charge < -0.3 is 5.84 Å². The molecule has 4 nitrogen and oxygen atoms in total. The zero-order valence-electron chi connectivity index (χ0n) is 11.5. The Labute approximate surface area is 132 Å². The molecule has 0 aliphatic carbocycles. The molecule has 0 aliphatic heterocycles. The van der Waals surface area contributed by atoms with E-state index in [-0.39, 0.29) is 5.75 Å². The Bertz CT molecular complexity index is 751. The first-order valence-electron chi connectivity index (χ1n) is 6.35. The number of rotatable bonds is 4. The van der Waals surface area contributed by atoms with Gasteiger partial charge in [-0.25, -0.2) is 8.42 Å². The minimum Gasteiger partial charge on any atom is -0.323 e. The van der Waals surface area contributed by atoms with Crippen molar-refractivity contribution >= 4 is 31.5 Å². The zero-order chi connectivity index (χ0) is 15.5. The van der Waals surface area contributed by atoms with Crippen LogP contribution in [-0.4, -0.2) is 19.9 Å². The fourth-order valence-electron chi connectivity index (χ4n) is 1.91. The maximum atomic E-state index is 11.8. The highest BCUT2D eigenvalue weighted by molar-refractivity contribution is 9.10. The van der Waals surface area contributed by atoms with Gasteiger partial charge in [0.1, 0.15) is 0 Å². The molecule has 110 valence electrons. The molecule has 0 fully saturated rings. The largest absolute Gasteiger partial charge is 0.323 e. The number of sulfone groups is 1. The monoisotopic (exact) mass is 366 g/mol. The number of hydrogen-bond acceptors (Lipinski definition) is 4. The molecule has 2 aromatic rings. The summed E-state index contributed by atoms with van der Waals surface area (Å²) in [5.41, 5.74) is 2.25. The van der Waals surface area contributed by atoms with Gasteiger partial charge in [-0.1, -0.05) is 47.1 Å². The number of hydrazone groups is 1. The minimum atomic E-state index is -3.19. The van der Waals surface area contributed by atoms with Gasteiger partial charge in [-0.15, -0.1) is 0 Å². The Balaban J connectivity index is 2.39. The number of hydrogen-bond donors (Lipinski definition) is 1. The van der Waals surface area contributed by atoms with E-state index in [1.54, 1.807) is 31.2 Å². The summed E-state index contributed by atoms with van der Waals surface area (Å²) >= 11 is 3.37. The van der Waals surface area contributed by atoms with Gasteiger partial charge in [-0.3, -0.25) is 0 Å². The average Bonchev–Trinajstić information content (AvgIpc) is 2.50. The van der Waals surface area contributed by atoms with Crippen molar-refractivity contribution in [1.82, 2.24) is 0 Å². The maximum absolute atomic E-state index is 11.8. The van der Waals surface area contributed by atoms with Crippen LogP contribution in [0.15, 0.2) is 63.0 Å². The van der Waals surface area contributed by atoms with Gasteiger partial charge in [-0.05, 0) is 24.3 Å². The highest BCUT2D eigenvalue weighted by atomic mass is 79.9. The summed E-state index contributed by atoms with van der Waals surface area (Å²) in [4.78, 5) is 0.306. The predicted octanol–water partition coefficient (Wildman–Crippen LogP) is 2.95. The van der Waals surface area contributed by atoms with Gasteiger partial charge in [0.15, 0.2) is 9.84 Å². The van der Waals surface area contributed by atoms with Crippen LogP contribution >= 0.6 is 15.9 Å². The fraction of sp³-hybridized carbons (Fsp3) is 0.133. The van der Waals surface area contributed by atoms with Crippen LogP contribution in [0.3, 0.4) is 0 Å². The molecule has 0 saturated carbocycles. The van der Waals surface area contributed by atoms with E-state index >= 15 is 0 Å². The summed E-state index contributed by atoms with van der Waals surface area (Å²) in [6, 6.07) is 14.2. The van der Waals surface area contributed by atoms with E-state index in [2.05, 4.69) is 21.0 Å². The lowest BCUT2D eigenvalue weighted by molar-refractivity contribution is 0.597. The van der Waals surface area contributed by atoms with E-state index in [4.69, 9.17) is 5.84 Å². The molecule has 0 saturated heterocycles. The molecule has 0 unspecified atom stereocenters. The van der Waals surface area contributed by atoms with Crippen molar-refractivity contribution in [2.45, 2.75) is 11.8 Å². The SMILES string of the molecule is CCS(=O)(=O)c1ccc(C(=NN)c2ccc(Br)cc2)cc1. The van der Waals surface area contributed by atoms with Crippen molar-refractivity contribution in [2.75, 3.05) is 5.75 Å².